The van der Waals surface area contributed by atoms with Crippen LogP contribution in [0.4, 0.5) is 4.79 Å². The van der Waals surface area contributed by atoms with Gasteiger partial charge in [0.05, 0.1) is 7.11 Å². The fourth-order valence-corrected chi connectivity index (χ4v) is 1.90. The molecule has 0 fully saturated rings. The van der Waals surface area contributed by atoms with Crippen LogP contribution in [0.15, 0.2) is 42.6 Å². The smallest absolute Gasteiger partial charge is 0.315 e. The third-order valence-electron chi connectivity index (χ3n) is 2.86. The molecule has 21 heavy (non-hydrogen) atoms. The van der Waals surface area contributed by atoms with Crippen molar-refractivity contribution < 1.29 is 9.53 Å². The van der Waals surface area contributed by atoms with Crippen LogP contribution in [0.3, 0.4) is 0 Å². The van der Waals surface area contributed by atoms with Crippen LogP contribution in [-0.2, 0) is 13.1 Å². The van der Waals surface area contributed by atoms with Crippen molar-refractivity contribution in [3.63, 3.8) is 0 Å². The van der Waals surface area contributed by atoms with Crippen molar-refractivity contribution in [1.29, 1.82) is 0 Å². The minimum absolute atomic E-state index is 0.259. The van der Waals surface area contributed by atoms with Gasteiger partial charge in [0.25, 0.3) is 0 Å². The van der Waals surface area contributed by atoms with E-state index in [-0.39, 0.29) is 6.03 Å². The van der Waals surface area contributed by atoms with E-state index >= 15 is 0 Å². The van der Waals surface area contributed by atoms with Gasteiger partial charge in [-0.1, -0.05) is 35.9 Å². The van der Waals surface area contributed by atoms with Crippen LogP contribution in [0.2, 0.25) is 5.02 Å². The summed E-state index contributed by atoms with van der Waals surface area (Å²) in [5.41, 5.74) is 1.77. The Morgan fingerprint density at radius 2 is 1.95 bits per heavy atom. The molecular weight excluding hydrogens is 290 g/mol. The Hall–Kier alpha value is -2.27. The van der Waals surface area contributed by atoms with Crippen LogP contribution in [-0.4, -0.2) is 18.1 Å². The van der Waals surface area contributed by atoms with Gasteiger partial charge >= 0.3 is 6.03 Å². The molecule has 2 N–H and O–H groups in total. The molecule has 0 aliphatic carbocycles. The number of amides is 2. The Labute approximate surface area is 128 Å². The molecule has 110 valence electrons. The van der Waals surface area contributed by atoms with E-state index in [9.17, 15) is 4.79 Å². The van der Waals surface area contributed by atoms with Crippen molar-refractivity contribution in [3.05, 3.63) is 58.7 Å². The predicted octanol–water partition coefficient (Wildman–Crippen LogP) is 2.74. The van der Waals surface area contributed by atoms with Gasteiger partial charge in [-0.3, -0.25) is 0 Å². The minimum Gasteiger partial charge on any atom is -0.481 e. The Balaban J connectivity index is 1.78. The highest BCUT2D eigenvalue weighted by molar-refractivity contribution is 6.31. The summed E-state index contributed by atoms with van der Waals surface area (Å²) < 4.78 is 4.97. The number of hydrogen-bond acceptors (Lipinski definition) is 3. The molecule has 1 heterocycles. The largest absolute Gasteiger partial charge is 0.481 e. The van der Waals surface area contributed by atoms with Crippen LogP contribution in [0.25, 0.3) is 0 Å². The molecule has 0 bridgehead atoms. The molecule has 1 aromatic carbocycles. The summed E-state index contributed by atoms with van der Waals surface area (Å²) in [6.45, 7) is 0.776. The topological polar surface area (TPSA) is 63.2 Å². The molecule has 0 atom stereocenters. The molecular formula is C15H16ClN3O2. The summed E-state index contributed by atoms with van der Waals surface area (Å²) in [5, 5.41) is 6.14. The SMILES string of the molecule is COc1ccc(CNC(=O)NCc2ccccc2Cl)cn1. The van der Waals surface area contributed by atoms with Gasteiger partial charge in [-0.25, -0.2) is 9.78 Å². The number of urea groups is 1. The van der Waals surface area contributed by atoms with E-state index in [1.54, 1.807) is 25.4 Å². The molecule has 0 radical (unpaired) electrons. The summed E-state index contributed by atoms with van der Waals surface area (Å²) in [4.78, 5) is 15.8. The second kappa shape index (κ2) is 7.50. The number of pyridine rings is 1. The van der Waals surface area contributed by atoms with Crippen molar-refractivity contribution in [2.45, 2.75) is 13.1 Å². The van der Waals surface area contributed by atoms with Gasteiger partial charge in [0, 0.05) is 30.4 Å². The fraction of sp³-hybridized carbons (Fsp3) is 0.200. The number of methoxy groups -OCH3 is 1. The minimum atomic E-state index is -0.259. The van der Waals surface area contributed by atoms with Crippen molar-refractivity contribution in [3.8, 4) is 5.88 Å². The molecule has 2 amide bonds. The lowest BCUT2D eigenvalue weighted by Crippen LogP contribution is -2.34. The molecule has 6 heteroatoms. The van der Waals surface area contributed by atoms with E-state index in [1.165, 1.54) is 0 Å². The quantitative estimate of drug-likeness (QED) is 0.893. The molecule has 0 unspecified atom stereocenters. The Bertz CT molecular complexity index is 602. The van der Waals surface area contributed by atoms with Crippen molar-refractivity contribution >= 4 is 17.6 Å². The van der Waals surface area contributed by atoms with Gasteiger partial charge in [0.2, 0.25) is 5.88 Å². The maximum Gasteiger partial charge on any atom is 0.315 e. The first-order valence-corrected chi connectivity index (χ1v) is 6.81. The van der Waals surface area contributed by atoms with Crippen LogP contribution < -0.4 is 15.4 Å². The zero-order chi connectivity index (χ0) is 15.1. The second-order valence-corrected chi connectivity index (χ2v) is 4.74. The zero-order valence-electron chi connectivity index (χ0n) is 11.6. The first-order chi connectivity index (χ1) is 10.2. The first-order valence-electron chi connectivity index (χ1n) is 6.43. The van der Waals surface area contributed by atoms with Gasteiger partial charge in [0.1, 0.15) is 0 Å². The van der Waals surface area contributed by atoms with Gasteiger partial charge in [-0.05, 0) is 17.2 Å². The highest BCUT2D eigenvalue weighted by atomic mass is 35.5. The van der Waals surface area contributed by atoms with Gasteiger partial charge in [0.15, 0.2) is 0 Å². The lowest BCUT2D eigenvalue weighted by atomic mass is 10.2. The standard InChI is InChI=1S/C15H16ClN3O2/c1-21-14-7-6-11(8-17-14)9-18-15(20)19-10-12-4-2-3-5-13(12)16/h2-8H,9-10H2,1H3,(H2,18,19,20). The van der Waals surface area contributed by atoms with E-state index in [1.807, 2.05) is 24.3 Å². The van der Waals surface area contributed by atoms with Gasteiger partial charge in [-0.15, -0.1) is 0 Å². The second-order valence-electron chi connectivity index (χ2n) is 4.34. The Morgan fingerprint density at radius 3 is 2.62 bits per heavy atom. The molecule has 2 aromatic rings. The monoisotopic (exact) mass is 305 g/mol. The number of halogens is 1. The fourth-order valence-electron chi connectivity index (χ4n) is 1.70. The molecule has 1 aromatic heterocycles. The average Bonchev–Trinajstić information content (AvgIpc) is 2.52. The van der Waals surface area contributed by atoms with E-state index in [2.05, 4.69) is 15.6 Å². The van der Waals surface area contributed by atoms with E-state index in [0.717, 1.165) is 11.1 Å². The maximum atomic E-state index is 11.7. The van der Waals surface area contributed by atoms with Crippen molar-refractivity contribution in [2.24, 2.45) is 0 Å². The number of aromatic nitrogens is 1. The zero-order valence-corrected chi connectivity index (χ0v) is 12.4. The highest BCUT2D eigenvalue weighted by Gasteiger charge is 2.03. The molecule has 0 spiro atoms. The van der Waals surface area contributed by atoms with Gasteiger partial charge in [-0.2, -0.15) is 0 Å². The number of nitrogens with zero attached hydrogens (tertiary/aromatic N) is 1. The van der Waals surface area contributed by atoms with E-state index in [4.69, 9.17) is 16.3 Å². The number of nitrogens with one attached hydrogen (secondary N) is 2. The van der Waals surface area contributed by atoms with Crippen molar-refractivity contribution in [1.82, 2.24) is 15.6 Å². The van der Waals surface area contributed by atoms with E-state index < -0.39 is 0 Å². The number of hydrogen-bond donors (Lipinski definition) is 2. The number of benzene rings is 1. The maximum absolute atomic E-state index is 11.7. The number of carbonyl (C=O) groups is 1. The van der Waals surface area contributed by atoms with E-state index in [0.29, 0.717) is 24.0 Å². The Kier molecular flexibility index (Phi) is 5.40. The summed E-state index contributed by atoms with van der Waals surface area (Å²) in [5.74, 6) is 0.543. The van der Waals surface area contributed by atoms with Crippen LogP contribution in [0.5, 0.6) is 5.88 Å². The van der Waals surface area contributed by atoms with Crippen LogP contribution in [0.1, 0.15) is 11.1 Å². The molecule has 0 aliphatic heterocycles. The lowest BCUT2D eigenvalue weighted by Gasteiger charge is -2.09. The molecule has 2 rings (SSSR count). The lowest BCUT2D eigenvalue weighted by molar-refractivity contribution is 0.240. The number of carbonyl (C=O) groups excluding carboxylic acids is 1. The third-order valence-corrected chi connectivity index (χ3v) is 3.23. The summed E-state index contributed by atoms with van der Waals surface area (Å²) >= 11 is 6.02. The summed E-state index contributed by atoms with van der Waals surface area (Å²) in [7, 11) is 1.56. The molecule has 0 saturated carbocycles. The van der Waals surface area contributed by atoms with Crippen LogP contribution in [0, 0.1) is 0 Å². The first kappa shape index (κ1) is 15.1. The summed E-state index contributed by atoms with van der Waals surface area (Å²) in [6, 6.07) is 10.7. The third kappa shape index (κ3) is 4.65. The predicted molar refractivity (Wildman–Crippen MR) is 81.3 cm³/mol. The van der Waals surface area contributed by atoms with Crippen LogP contribution >= 0.6 is 11.6 Å². The molecule has 0 aliphatic rings. The molecule has 5 nitrogen and oxygen atoms in total. The molecule has 0 saturated heterocycles. The number of ether oxygens (including phenoxy) is 1. The highest BCUT2D eigenvalue weighted by Crippen LogP contribution is 2.14. The normalized spacial score (nSPS) is 10.0. The van der Waals surface area contributed by atoms with Crippen molar-refractivity contribution in [2.75, 3.05) is 7.11 Å². The summed E-state index contributed by atoms with van der Waals surface area (Å²) in [6.07, 6.45) is 1.66. The van der Waals surface area contributed by atoms with Gasteiger partial charge < -0.3 is 15.4 Å². The Morgan fingerprint density at radius 1 is 1.19 bits per heavy atom. The average molecular weight is 306 g/mol. The number of rotatable bonds is 5.